The second-order valence-electron chi connectivity index (χ2n) is 3.30. The van der Waals surface area contributed by atoms with Crippen LogP contribution < -0.4 is 10.6 Å². The van der Waals surface area contributed by atoms with Gasteiger partial charge in [-0.2, -0.15) is 0 Å². The number of amidine groups is 1. The fraction of sp³-hybridized carbons (Fsp3) is 0.300. The number of carboxylic acid groups (broad SMARTS) is 1. The molecule has 1 aliphatic rings. The highest BCUT2D eigenvalue weighted by atomic mass is 16.4. The number of carbonyl (C=O) groups is 1. The number of hydrogen-bond acceptors (Lipinski definition) is 5. The van der Waals surface area contributed by atoms with Crippen molar-refractivity contribution in [3.05, 3.63) is 23.9 Å². The van der Waals surface area contributed by atoms with Crippen molar-refractivity contribution in [2.45, 2.75) is 0 Å². The molecule has 0 radical (unpaired) electrons. The second-order valence-corrected chi connectivity index (χ2v) is 3.30. The predicted octanol–water partition coefficient (Wildman–Crippen LogP) is -0.0721. The highest BCUT2D eigenvalue weighted by Gasteiger charge is 2.13. The van der Waals surface area contributed by atoms with E-state index in [-0.39, 0.29) is 6.54 Å². The van der Waals surface area contributed by atoms with Crippen LogP contribution in [0.15, 0.2) is 23.3 Å². The van der Waals surface area contributed by atoms with Gasteiger partial charge in [0, 0.05) is 12.7 Å². The zero-order chi connectivity index (χ0) is 11.4. The maximum absolute atomic E-state index is 10.5. The number of pyridine rings is 1. The van der Waals surface area contributed by atoms with Gasteiger partial charge in [0.25, 0.3) is 0 Å². The molecular weight excluding hydrogens is 208 g/mol. The third-order valence-electron chi connectivity index (χ3n) is 2.14. The largest absolute Gasteiger partial charge is 0.480 e. The Labute approximate surface area is 92.4 Å². The number of hydrogen-bond donors (Lipinski definition) is 3. The van der Waals surface area contributed by atoms with Crippen LogP contribution in [0.5, 0.6) is 0 Å². The average molecular weight is 220 g/mol. The first-order chi connectivity index (χ1) is 7.77. The van der Waals surface area contributed by atoms with E-state index in [0.717, 1.165) is 24.5 Å². The predicted molar refractivity (Wildman–Crippen MR) is 59.8 cm³/mol. The Hall–Kier alpha value is -2.11. The van der Waals surface area contributed by atoms with Crippen LogP contribution in [0.4, 0.5) is 5.82 Å². The van der Waals surface area contributed by atoms with Crippen LogP contribution in [0.2, 0.25) is 0 Å². The van der Waals surface area contributed by atoms with E-state index in [9.17, 15) is 4.79 Å². The van der Waals surface area contributed by atoms with Crippen molar-refractivity contribution in [2.24, 2.45) is 4.99 Å². The van der Waals surface area contributed by atoms with Gasteiger partial charge < -0.3 is 15.7 Å². The second kappa shape index (κ2) is 4.61. The maximum atomic E-state index is 10.5. The van der Waals surface area contributed by atoms with Gasteiger partial charge in [0.05, 0.1) is 12.1 Å². The first kappa shape index (κ1) is 10.4. The number of aromatic nitrogens is 1. The van der Waals surface area contributed by atoms with Gasteiger partial charge in [0.15, 0.2) is 0 Å². The van der Waals surface area contributed by atoms with Crippen molar-refractivity contribution >= 4 is 17.6 Å². The molecule has 0 unspecified atom stereocenters. The fourth-order valence-corrected chi connectivity index (χ4v) is 1.47. The highest BCUT2D eigenvalue weighted by Crippen LogP contribution is 2.12. The quantitative estimate of drug-likeness (QED) is 0.661. The molecule has 0 saturated heterocycles. The Morgan fingerprint density at radius 1 is 1.62 bits per heavy atom. The van der Waals surface area contributed by atoms with Crippen molar-refractivity contribution in [2.75, 3.05) is 25.0 Å². The Morgan fingerprint density at radius 3 is 3.19 bits per heavy atom. The van der Waals surface area contributed by atoms with Crippen LogP contribution in [0.25, 0.3) is 0 Å². The number of aliphatic imine (C=N–C) groups is 1. The maximum Gasteiger partial charge on any atom is 0.322 e. The minimum absolute atomic E-state index is 0.155. The molecule has 6 nitrogen and oxygen atoms in total. The number of carboxylic acids is 1. The Morgan fingerprint density at radius 2 is 2.50 bits per heavy atom. The van der Waals surface area contributed by atoms with E-state index in [2.05, 4.69) is 20.6 Å². The summed E-state index contributed by atoms with van der Waals surface area (Å²) in [6, 6.07) is 3.65. The Kier molecular flexibility index (Phi) is 3.00. The molecule has 0 amide bonds. The lowest BCUT2D eigenvalue weighted by molar-refractivity contribution is -0.134. The lowest BCUT2D eigenvalue weighted by Crippen LogP contribution is -2.22. The van der Waals surface area contributed by atoms with Gasteiger partial charge in [0.1, 0.15) is 18.2 Å². The molecule has 6 heteroatoms. The van der Waals surface area contributed by atoms with E-state index < -0.39 is 5.97 Å². The molecule has 0 aromatic carbocycles. The van der Waals surface area contributed by atoms with Gasteiger partial charge in [-0.05, 0) is 12.1 Å². The monoisotopic (exact) mass is 220 g/mol. The smallest absolute Gasteiger partial charge is 0.322 e. The molecule has 2 heterocycles. The third-order valence-corrected chi connectivity index (χ3v) is 2.14. The normalized spacial score (nSPS) is 14.1. The van der Waals surface area contributed by atoms with Crippen LogP contribution in [0.3, 0.4) is 0 Å². The summed E-state index contributed by atoms with van der Waals surface area (Å²) in [7, 11) is 0. The summed E-state index contributed by atoms with van der Waals surface area (Å²) in [5.41, 5.74) is 0.807. The van der Waals surface area contributed by atoms with Gasteiger partial charge in [0.2, 0.25) is 0 Å². The molecule has 3 N–H and O–H groups in total. The summed E-state index contributed by atoms with van der Waals surface area (Å²) in [5.74, 6) is 0.386. The zero-order valence-corrected chi connectivity index (χ0v) is 8.60. The molecule has 2 rings (SSSR count). The number of anilines is 1. The Balaban J connectivity index is 2.20. The molecule has 84 valence electrons. The molecule has 0 fully saturated rings. The minimum atomic E-state index is -0.919. The number of nitrogens with zero attached hydrogens (tertiary/aromatic N) is 2. The summed E-state index contributed by atoms with van der Waals surface area (Å²) < 4.78 is 0. The summed E-state index contributed by atoms with van der Waals surface area (Å²) in [4.78, 5) is 18.8. The van der Waals surface area contributed by atoms with Gasteiger partial charge in [-0.1, -0.05) is 0 Å². The molecule has 0 atom stereocenters. The first-order valence-corrected chi connectivity index (χ1v) is 4.97. The van der Waals surface area contributed by atoms with E-state index in [1.807, 2.05) is 6.07 Å². The lowest BCUT2D eigenvalue weighted by atomic mass is 10.2. The van der Waals surface area contributed by atoms with Crippen LogP contribution in [0, 0.1) is 0 Å². The molecule has 0 bridgehead atoms. The summed E-state index contributed by atoms with van der Waals surface area (Å²) in [6.07, 6.45) is 1.61. The SMILES string of the molecule is O=C(O)CNc1ncccc1C1=NCCN1. The summed E-state index contributed by atoms with van der Waals surface area (Å²) in [5, 5.41) is 14.5. The molecule has 1 aromatic heterocycles. The zero-order valence-electron chi connectivity index (χ0n) is 8.60. The molecule has 16 heavy (non-hydrogen) atoms. The van der Waals surface area contributed by atoms with Crippen molar-refractivity contribution in [1.29, 1.82) is 0 Å². The average Bonchev–Trinajstić information content (AvgIpc) is 2.80. The summed E-state index contributed by atoms with van der Waals surface area (Å²) >= 11 is 0. The molecule has 1 aliphatic heterocycles. The van der Waals surface area contributed by atoms with Crippen molar-refractivity contribution < 1.29 is 9.90 Å². The fourth-order valence-electron chi connectivity index (χ4n) is 1.47. The third kappa shape index (κ3) is 2.28. The number of aliphatic carboxylic acids is 1. The number of rotatable bonds is 4. The van der Waals surface area contributed by atoms with E-state index in [1.165, 1.54) is 0 Å². The van der Waals surface area contributed by atoms with Gasteiger partial charge >= 0.3 is 5.97 Å². The number of nitrogens with one attached hydrogen (secondary N) is 2. The van der Waals surface area contributed by atoms with E-state index in [1.54, 1.807) is 12.3 Å². The summed E-state index contributed by atoms with van der Waals surface area (Å²) in [6.45, 7) is 1.39. The topological polar surface area (TPSA) is 86.6 Å². The standard InChI is InChI=1S/C10H12N4O2/c15-8(16)6-14-10-7(2-1-3-11-10)9-12-4-5-13-9/h1-3H,4-6H2,(H,11,14)(H,12,13)(H,15,16). The minimum Gasteiger partial charge on any atom is -0.480 e. The van der Waals surface area contributed by atoms with E-state index in [4.69, 9.17) is 5.11 Å². The van der Waals surface area contributed by atoms with Crippen LogP contribution >= 0.6 is 0 Å². The van der Waals surface area contributed by atoms with Crippen molar-refractivity contribution in [1.82, 2.24) is 10.3 Å². The Bertz CT molecular complexity index is 431. The molecular formula is C10H12N4O2. The van der Waals surface area contributed by atoms with Crippen LogP contribution in [-0.4, -0.2) is 41.5 Å². The van der Waals surface area contributed by atoms with Crippen molar-refractivity contribution in [3.8, 4) is 0 Å². The highest BCUT2D eigenvalue weighted by molar-refractivity contribution is 6.03. The van der Waals surface area contributed by atoms with Gasteiger partial charge in [-0.25, -0.2) is 4.98 Å². The molecule has 0 spiro atoms. The first-order valence-electron chi connectivity index (χ1n) is 4.97. The molecule has 1 aromatic rings. The van der Waals surface area contributed by atoms with E-state index >= 15 is 0 Å². The van der Waals surface area contributed by atoms with Gasteiger partial charge in [-0.3, -0.25) is 9.79 Å². The van der Waals surface area contributed by atoms with E-state index in [0.29, 0.717) is 5.82 Å². The van der Waals surface area contributed by atoms with Crippen molar-refractivity contribution in [3.63, 3.8) is 0 Å². The van der Waals surface area contributed by atoms with Gasteiger partial charge in [-0.15, -0.1) is 0 Å². The molecule has 0 aliphatic carbocycles. The van der Waals surface area contributed by atoms with Crippen LogP contribution in [-0.2, 0) is 4.79 Å². The molecule has 0 saturated carbocycles. The lowest BCUT2D eigenvalue weighted by Gasteiger charge is -2.09. The van der Waals surface area contributed by atoms with Crippen LogP contribution in [0.1, 0.15) is 5.56 Å².